The van der Waals surface area contributed by atoms with Gasteiger partial charge >= 0.3 is 0 Å². The van der Waals surface area contributed by atoms with Crippen molar-refractivity contribution in [3.63, 3.8) is 0 Å². The molecule has 3 nitrogen and oxygen atoms in total. The molecule has 1 heterocycles. The van der Waals surface area contributed by atoms with Crippen LogP contribution in [0.5, 0.6) is 0 Å². The molecule has 138 valence electrons. The highest BCUT2D eigenvalue weighted by atomic mass is 16.1. The van der Waals surface area contributed by atoms with Crippen LogP contribution in [0.4, 0.5) is 0 Å². The summed E-state index contributed by atoms with van der Waals surface area (Å²) in [4.78, 5) is 15.1. The molecule has 0 saturated carbocycles. The van der Waals surface area contributed by atoms with Gasteiger partial charge in [-0.2, -0.15) is 0 Å². The molecule has 2 aromatic rings. The van der Waals surface area contributed by atoms with Gasteiger partial charge in [0.2, 0.25) is 5.91 Å². The molecule has 0 bridgehead atoms. The van der Waals surface area contributed by atoms with E-state index in [9.17, 15) is 4.79 Å². The number of nitrogens with zero attached hydrogens (tertiary/aromatic N) is 1. The van der Waals surface area contributed by atoms with Crippen LogP contribution in [-0.2, 0) is 4.79 Å². The van der Waals surface area contributed by atoms with E-state index in [2.05, 4.69) is 48.3 Å². The summed E-state index contributed by atoms with van der Waals surface area (Å²) in [5.41, 5.74) is 2.24. The predicted octanol–water partition coefficient (Wildman–Crippen LogP) is 4.26. The standard InChI is InChI=1S/C23H30N2O/c1-18-15-19(2)17-25(16-18)14-13-22(26)24-23(20-9-5-3-6-10-20)21-11-7-4-8-12-21/h3-12,18-19,23H,13-17H2,1-2H3,(H,24,26)/t18-,19+. The number of hydrogen-bond acceptors (Lipinski definition) is 2. The van der Waals surface area contributed by atoms with Crippen molar-refractivity contribution in [3.8, 4) is 0 Å². The normalized spacial score (nSPS) is 20.9. The van der Waals surface area contributed by atoms with Crippen molar-refractivity contribution >= 4 is 5.91 Å². The number of rotatable bonds is 6. The monoisotopic (exact) mass is 350 g/mol. The van der Waals surface area contributed by atoms with Crippen LogP contribution >= 0.6 is 0 Å². The Bertz CT molecular complexity index is 636. The first-order chi connectivity index (χ1) is 12.6. The molecule has 3 heteroatoms. The molecule has 1 amide bonds. The summed E-state index contributed by atoms with van der Waals surface area (Å²) in [5, 5.41) is 3.25. The van der Waals surface area contributed by atoms with E-state index >= 15 is 0 Å². The predicted molar refractivity (Wildman–Crippen MR) is 107 cm³/mol. The van der Waals surface area contributed by atoms with Gasteiger partial charge in [0, 0.05) is 26.1 Å². The Morgan fingerprint density at radius 1 is 0.962 bits per heavy atom. The average molecular weight is 351 g/mol. The fourth-order valence-electron chi connectivity index (χ4n) is 4.12. The Hall–Kier alpha value is -2.13. The van der Waals surface area contributed by atoms with Gasteiger partial charge in [0.25, 0.3) is 0 Å². The van der Waals surface area contributed by atoms with Crippen LogP contribution in [0.3, 0.4) is 0 Å². The summed E-state index contributed by atoms with van der Waals surface area (Å²) in [5.74, 6) is 1.57. The van der Waals surface area contributed by atoms with Gasteiger partial charge in [-0.05, 0) is 29.4 Å². The first-order valence-electron chi connectivity index (χ1n) is 9.73. The van der Waals surface area contributed by atoms with Crippen LogP contribution in [0.15, 0.2) is 60.7 Å². The largest absolute Gasteiger partial charge is 0.345 e. The van der Waals surface area contributed by atoms with E-state index in [1.807, 2.05) is 36.4 Å². The molecule has 0 aromatic heterocycles. The Balaban J connectivity index is 1.62. The summed E-state index contributed by atoms with van der Waals surface area (Å²) in [6.45, 7) is 7.68. The summed E-state index contributed by atoms with van der Waals surface area (Å²) in [6, 6.07) is 20.3. The number of carbonyl (C=O) groups is 1. The number of nitrogens with one attached hydrogen (secondary N) is 1. The third-order valence-corrected chi connectivity index (χ3v) is 5.17. The molecule has 2 aromatic carbocycles. The van der Waals surface area contributed by atoms with Crippen molar-refractivity contribution in [1.29, 1.82) is 0 Å². The quantitative estimate of drug-likeness (QED) is 0.844. The highest BCUT2D eigenvalue weighted by Gasteiger charge is 2.22. The fourth-order valence-corrected chi connectivity index (χ4v) is 4.12. The molecule has 0 spiro atoms. The zero-order valence-electron chi connectivity index (χ0n) is 15.9. The molecule has 1 fully saturated rings. The van der Waals surface area contributed by atoms with Crippen LogP contribution in [0.25, 0.3) is 0 Å². The van der Waals surface area contributed by atoms with Gasteiger partial charge in [0.15, 0.2) is 0 Å². The van der Waals surface area contributed by atoms with Crippen LogP contribution in [0, 0.1) is 11.8 Å². The van der Waals surface area contributed by atoms with Crippen molar-refractivity contribution in [2.75, 3.05) is 19.6 Å². The SMILES string of the molecule is C[C@@H]1C[C@H](C)CN(CCC(=O)NC(c2ccccc2)c2ccccc2)C1. The van der Waals surface area contributed by atoms with Crippen molar-refractivity contribution in [2.45, 2.75) is 32.7 Å². The zero-order valence-corrected chi connectivity index (χ0v) is 15.9. The first-order valence-corrected chi connectivity index (χ1v) is 9.73. The fraction of sp³-hybridized carbons (Fsp3) is 0.435. The highest BCUT2D eigenvalue weighted by Crippen LogP contribution is 2.23. The minimum Gasteiger partial charge on any atom is -0.345 e. The van der Waals surface area contributed by atoms with Crippen LogP contribution in [0.2, 0.25) is 0 Å². The Morgan fingerprint density at radius 2 is 1.46 bits per heavy atom. The number of hydrogen-bond donors (Lipinski definition) is 1. The second-order valence-corrected chi connectivity index (χ2v) is 7.78. The number of piperidine rings is 1. The summed E-state index contributed by atoms with van der Waals surface area (Å²) < 4.78 is 0. The minimum atomic E-state index is -0.0934. The van der Waals surface area contributed by atoms with Gasteiger partial charge in [-0.1, -0.05) is 74.5 Å². The molecular formula is C23H30N2O. The van der Waals surface area contributed by atoms with Crippen molar-refractivity contribution in [3.05, 3.63) is 71.8 Å². The van der Waals surface area contributed by atoms with Crippen molar-refractivity contribution < 1.29 is 4.79 Å². The van der Waals surface area contributed by atoms with E-state index in [1.165, 1.54) is 6.42 Å². The second-order valence-electron chi connectivity index (χ2n) is 7.78. The van der Waals surface area contributed by atoms with Gasteiger partial charge < -0.3 is 10.2 Å². The number of benzene rings is 2. The molecule has 1 saturated heterocycles. The maximum Gasteiger partial charge on any atom is 0.222 e. The third kappa shape index (κ3) is 5.18. The van der Waals surface area contributed by atoms with Crippen LogP contribution < -0.4 is 5.32 Å². The Labute approximate surface area is 157 Å². The molecule has 26 heavy (non-hydrogen) atoms. The molecule has 0 aliphatic carbocycles. The highest BCUT2D eigenvalue weighted by molar-refractivity contribution is 5.77. The lowest BCUT2D eigenvalue weighted by Crippen LogP contribution is -2.41. The van der Waals surface area contributed by atoms with Gasteiger partial charge in [-0.15, -0.1) is 0 Å². The van der Waals surface area contributed by atoms with Gasteiger partial charge in [-0.3, -0.25) is 4.79 Å². The zero-order chi connectivity index (χ0) is 18.4. The van der Waals surface area contributed by atoms with E-state index in [0.29, 0.717) is 6.42 Å². The number of carbonyl (C=O) groups excluding carboxylic acids is 1. The number of amides is 1. The van der Waals surface area contributed by atoms with E-state index in [4.69, 9.17) is 0 Å². The van der Waals surface area contributed by atoms with Crippen molar-refractivity contribution in [2.24, 2.45) is 11.8 Å². The summed E-state index contributed by atoms with van der Waals surface area (Å²) in [6.07, 6.45) is 1.85. The molecule has 1 N–H and O–H groups in total. The van der Waals surface area contributed by atoms with Gasteiger partial charge in [0.1, 0.15) is 0 Å². The summed E-state index contributed by atoms with van der Waals surface area (Å²) >= 11 is 0. The molecule has 0 radical (unpaired) electrons. The van der Waals surface area contributed by atoms with Crippen molar-refractivity contribution in [1.82, 2.24) is 10.2 Å². The molecular weight excluding hydrogens is 320 g/mol. The topological polar surface area (TPSA) is 32.3 Å². The first kappa shape index (κ1) is 18.7. The third-order valence-electron chi connectivity index (χ3n) is 5.17. The molecule has 3 rings (SSSR count). The van der Waals surface area contributed by atoms with Gasteiger partial charge in [0.05, 0.1) is 6.04 Å². The van der Waals surface area contributed by atoms with E-state index in [1.54, 1.807) is 0 Å². The van der Waals surface area contributed by atoms with Crippen LogP contribution in [-0.4, -0.2) is 30.4 Å². The molecule has 1 aliphatic rings. The van der Waals surface area contributed by atoms with E-state index in [-0.39, 0.29) is 11.9 Å². The summed E-state index contributed by atoms with van der Waals surface area (Å²) in [7, 11) is 0. The average Bonchev–Trinajstić information content (AvgIpc) is 2.65. The van der Waals surface area contributed by atoms with Gasteiger partial charge in [-0.25, -0.2) is 0 Å². The maximum absolute atomic E-state index is 12.7. The molecule has 1 aliphatic heterocycles. The van der Waals surface area contributed by atoms with Crippen LogP contribution in [0.1, 0.15) is 43.9 Å². The smallest absolute Gasteiger partial charge is 0.222 e. The minimum absolute atomic E-state index is 0.0934. The number of likely N-dealkylation sites (tertiary alicyclic amines) is 1. The Kier molecular flexibility index (Phi) is 6.45. The lowest BCUT2D eigenvalue weighted by Gasteiger charge is -2.34. The lowest BCUT2D eigenvalue weighted by molar-refractivity contribution is -0.122. The Morgan fingerprint density at radius 3 is 1.96 bits per heavy atom. The second kappa shape index (κ2) is 9.00. The maximum atomic E-state index is 12.7. The molecule has 0 unspecified atom stereocenters. The van der Waals surface area contributed by atoms with E-state index in [0.717, 1.165) is 42.6 Å². The lowest BCUT2D eigenvalue weighted by atomic mass is 9.92. The molecule has 2 atom stereocenters. The van der Waals surface area contributed by atoms with E-state index < -0.39 is 0 Å².